The predicted octanol–water partition coefficient (Wildman–Crippen LogP) is 2.94. The maximum absolute atomic E-state index is 12.4. The van der Waals surface area contributed by atoms with E-state index in [1.165, 1.54) is 0 Å². The third-order valence-electron chi connectivity index (χ3n) is 7.02. The lowest BCUT2D eigenvalue weighted by molar-refractivity contribution is -0.549. The van der Waals surface area contributed by atoms with Gasteiger partial charge >= 0.3 is 0 Å². The maximum Gasteiger partial charge on any atom is 0.248 e. The van der Waals surface area contributed by atoms with Gasteiger partial charge < -0.3 is 0 Å². The summed E-state index contributed by atoms with van der Waals surface area (Å²) < 4.78 is 19.1. The van der Waals surface area contributed by atoms with Gasteiger partial charge in [-0.2, -0.15) is 0 Å². The van der Waals surface area contributed by atoms with E-state index < -0.39 is 24.1 Å². The molecule has 0 radical (unpaired) electrons. The Balaban J connectivity index is 1.79. The van der Waals surface area contributed by atoms with Crippen LogP contribution in [0.5, 0.6) is 0 Å². The van der Waals surface area contributed by atoms with Crippen LogP contribution >= 0.6 is 0 Å². The number of hydrogen-bond donors (Lipinski definition) is 0. The van der Waals surface area contributed by atoms with Crippen molar-refractivity contribution < 1.29 is 7.66 Å². The molecule has 1 aliphatic carbocycles. The van der Waals surface area contributed by atoms with Gasteiger partial charge in [-0.3, -0.25) is 19.9 Å². The summed E-state index contributed by atoms with van der Waals surface area (Å²) in [6, 6.07) is 11.3. The molecule has 2 aromatic carbocycles. The molecule has 4 heterocycles. The molecule has 2 fully saturated rings. The number of piperidine rings is 2. The number of benzene rings is 2. The van der Waals surface area contributed by atoms with Crippen molar-refractivity contribution in [3.05, 3.63) is 80.9 Å². The fourth-order valence-electron chi connectivity index (χ4n) is 6.25. The first-order chi connectivity index (χ1) is 13.3. The standard InChI is InChI=1S/C21H21N3O2/c1-22-17-13-9-5-3-7-11(13)16-19-15(17)12-8-4-6-10-14(12)18(23(19)2)21(20(16)22)24(25)26/h3-10,15-21H,1-2H3/t15?,16?,17?,18-,19?,20+,21?/m1/s1/i17D,18D. The highest BCUT2D eigenvalue weighted by Gasteiger charge is 2.68. The summed E-state index contributed by atoms with van der Waals surface area (Å²) >= 11 is 0. The smallest absolute Gasteiger partial charge is 0.248 e. The summed E-state index contributed by atoms with van der Waals surface area (Å²) in [7, 11) is 3.69. The van der Waals surface area contributed by atoms with E-state index in [1.807, 2.05) is 72.4 Å². The first-order valence-corrected chi connectivity index (χ1v) is 9.12. The minimum Gasteiger partial charge on any atom is -0.289 e. The second-order valence-electron chi connectivity index (χ2n) is 7.88. The molecule has 5 nitrogen and oxygen atoms in total. The van der Waals surface area contributed by atoms with Gasteiger partial charge in [0.2, 0.25) is 6.04 Å². The zero-order valence-electron chi connectivity index (χ0n) is 16.7. The first kappa shape index (κ1) is 13.0. The molecule has 132 valence electrons. The van der Waals surface area contributed by atoms with Crippen molar-refractivity contribution in [2.45, 2.75) is 42.0 Å². The molecular weight excluding hydrogens is 326 g/mol. The lowest BCUT2D eigenvalue weighted by atomic mass is 9.53. The molecule has 7 rings (SSSR count). The molecule has 0 aromatic heterocycles. The third kappa shape index (κ3) is 1.47. The van der Waals surface area contributed by atoms with Crippen LogP contribution in [-0.4, -0.2) is 46.9 Å². The van der Waals surface area contributed by atoms with Crippen molar-refractivity contribution in [3.63, 3.8) is 0 Å². The molecule has 2 saturated heterocycles. The Labute approximate surface area is 155 Å². The number of nitro groups is 1. The zero-order chi connectivity index (χ0) is 19.6. The first-order valence-electron chi connectivity index (χ1n) is 10.1. The Kier molecular flexibility index (Phi) is 2.36. The number of nitrogens with zero attached hydrogens (tertiary/aromatic N) is 3. The number of likely N-dealkylation sites (N-methyl/N-ethyl adjacent to an activating group) is 2. The monoisotopic (exact) mass is 349 g/mol. The van der Waals surface area contributed by atoms with Gasteiger partial charge in [0.1, 0.15) is 6.02 Å². The van der Waals surface area contributed by atoms with Crippen molar-refractivity contribution in [1.29, 1.82) is 0 Å². The second-order valence-corrected chi connectivity index (χ2v) is 7.88. The van der Waals surface area contributed by atoms with Crippen molar-refractivity contribution in [2.24, 2.45) is 0 Å². The Morgan fingerprint density at radius 3 is 1.96 bits per heavy atom. The second kappa shape index (κ2) is 4.72. The highest BCUT2D eigenvalue weighted by atomic mass is 16.6. The summed E-state index contributed by atoms with van der Waals surface area (Å²) in [5.41, 5.74) is 3.60. The van der Waals surface area contributed by atoms with Crippen molar-refractivity contribution in [2.75, 3.05) is 14.1 Å². The highest BCUT2D eigenvalue weighted by Crippen LogP contribution is 2.65. The largest absolute Gasteiger partial charge is 0.289 e. The van der Waals surface area contributed by atoms with Crippen LogP contribution in [0.2, 0.25) is 0 Å². The van der Waals surface area contributed by atoms with Crippen molar-refractivity contribution >= 4 is 0 Å². The molecule has 0 N–H and O–H groups in total. The predicted molar refractivity (Wildman–Crippen MR) is 97.7 cm³/mol. The van der Waals surface area contributed by atoms with Gasteiger partial charge in [-0.1, -0.05) is 48.5 Å². The van der Waals surface area contributed by atoms with E-state index in [-0.39, 0.29) is 22.8 Å². The van der Waals surface area contributed by atoms with Crippen molar-refractivity contribution in [1.82, 2.24) is 9.80 Å². The fourth-order valence-corrected chi connectivity index (χ4v) is 6.25. The quantitative estimate of drug-likeness (QED) is 0.587. The van der Waals surface area contributed by atoms with Gasteiger partial charge in [0.25, 0.3) is 0 Å². The molecule has 4 aliphatic heterocycles. The highest BCUT2D eigenvalue weighted by molar-refractivity contribution is 5.53. The van der Waals surface area contributed by atoms with Crippen LogP contribution in [0, 0.1) is 10.1 Å². The summed E-state index contributed by atoms with van der Waals surface area (Å²) in [5.74, 6) is -0.244. The number of hydrogen-bond acceptors (Lipinski definition) is 4. The van der Waals surface area contributed by atoms with Crippen LogP contribution in [-0.2, 0) is 0 Å². The minimum atomic E-state index is -1.44. The van der Waals surface area contributed by atoms with E-state index in [0.717, 1.165) is 16.7 Å². The Morgan fingerprint density at radius 2 is 1.35 bits per heavy atom. The van der Waals surface area contributed by atoms with Gasteiger partial charge in [0.05, 0.1) is 8.78 Å². The van der Waals surface area contributed by atoms with Crippen LogP contribution in [0.1, 0.15) is 48.9 Å². The van der Waals surface area contributed by atoms with E-state index in [9.17, 15) is 12.9 Å². The van der Waals surface area contributed by atoms with Gasteiger partial charge in [0.15, 0.2) is 0 Å². The van der Waals surface area contributed by atoms with Crippen molar-refractivity contribution in [3.8, 4) is 0 Å². The molecule has 5 bridgehead atoms. The van der Waals surface area contributed by atoms with E-state index in [4.69, 9.17) is 0 Å². The fraction of sp³-hybridized carbons (Fsp3) is 0.429. The van der Waals surface area contributed by atoms with E-state index in [0.29, 0.717) is 5.56 Å². The van der Waals surface area contributed by atoms with Gasteiger partial charge in [-0.15, -0.1) is 0 Å². The van der Waals surface area contributed by atoms with Crippen LogP contribution < -0.4 is 0 Å². The van der Waals surface area contributed by atoms with Crippen LogP contribution in [0.25, 0.3) is 0 Å². The molecule has 5 aliphatic rings. The lowest BCUT2D eigenvalue weighted by Crippen LogP contribution is -2.73. The van der Waals surface area contributed by atoms with Gasteiger partial charge in [-0.25, -0.2) is 0 Å². The molecule has 0 spiro atoms. The van der Waals surface area contributed by atoms with Crippen LogP contribution in [0.3, 0.4) is 0 Å². The Morgan fingerprint density at radius 1 is 0.846 bits per heavy atom. The maximum atomic E-state index is 12.4. The van der Waals surface area contributed by atoms with E-state index in [1.54, 1.807) is 0 Å². The normalized spacial score (nSPS) is 46.3. The summed E-state index contributed by atoms with van der Waals surface area (Å²) in [5, 5.41) is 12.4. The van der Waals surface area contributed by atoms with Crippen LogP contribution in [0.15, 0.2) is 48.5 Å². The third-order valence-corrected chi connectivity index (χ3v) is 7.02. The summed E-state index contributed by atoms with van der Waals surface area (Å²) in [4.78, 5) is 15.9. The number of rotatable bonds is 1. The topological polar surface area (TPSA) is 49.6 Å². The van der Waals surface area contributed by atoms with E-state index >= 15 is 0 Å². The molecule has 26 heavy (non-hydrogen) atoms. The summed E-state index contributed by atoms with van der Waals surface area (Å²) in [6.07, 6.45) is 0. The minimum absolute atomic E-state index is 0.0920. The SMILES string of the molecule is [2H]C12c3ccccc3C3C4C1c1ccccc1[C@]([2H])(C([N+](=O)[O-])[C@H]3N2C)N4C. The molecule has 7 atom stereocenters. The average Bonchev–Trinajstić information content (AvgIpc) is 2.68. The van der Waals surface area contributed by atoms with Crippen LogP contribution in [0.4, 0.5) is 0 Å². The summed E-state index contributed by atoms with van der Waals surface area (Å²) in [6.45, 7) is 0. The molecule has 0 amide bonds. The molecular formula is C21H21N3O2. The average molecular weight is 349 g/mol. The van der Waals surface area contributed by atoms with E-state index in [2.05, 4.69) is 0 Å². The molecule has 2 aromatic rings. The lowest BCUT2D eigenvalue weighted by Gasteiger charge is -2.67. The molecule has 5 unspecified atom stereocenters. The Hall–Kier alpha value is -2.24. The number of fused-ring (bicyclic) bond motifs is 3. The zero-order valence-corrected chi connectivity index (χ0v) is 14.7. The van der Waals surface area contributed by atoms with Gasteiger partial charge in [0, 0.05) is 28.8 Å². The van der Waals surface area contributed by atoms with Gasteiger partial charge in [-0.05, 0) is 36.3 Å². The molecule has 5 heteroatoms. The molecule has 0 saturated carbocycles. The Bertz CT molecular complexity index is 1050.